The SMILES string of the molecule is C=CC(=O)N1CCN(c2nc(OC[C@@H]3CCCN3C)nc3c(Cc4cc(O)cc5ccccc45)cn(C)c23)CC1. The van der Waals surface area contributed by atoms with Gasteiger partial charge in [-0.25, -0.2) is 0 Å². The van der Waals surface area contributed by atoms with E-state index in [4.69, 9.17) is 14.7 Å². The van der Waals surface area contributed by atoms with Gasteiger partial charge in [-0.05, 0) is 61.0 Å². The minimum atomic E-state index is -0.0447. The fraction of sp³-hybridized carbons (Fsp3) is 0.387. The number of aryl methyl sites for hydroxylation is 1. The van der Waals surface area contributed by atoms with Crippen molar-refractivity contribution in [3.63, 3.8) is 0 Å². The van der Waals surface area contributed by atoms with Crippen molar-refractivity contribution in [1.82, 2.24) is 24.3 Å². The summed E-state index contributed by atoms with van der Waals surface area (Å²) in [4.78, 5) is 28.4. The number of nitrogens with zero attached hydrogens (tertiary/aromatic N) is 6. The first-order valence-electron chi connectivity index (χ1n) is 14.0. The number of aromatic nitrogens is 3. The molecule has 6 rings (SSSR count). The van der Waals surface area contributed by atoms with Crippen molar-refractivity contribution in [2.45, 2.75) is 25.3 Å². The Hall–Kier alpha value is -4.11. The molecule has 4 aromatic rings. The van der Waals surface area contributed by atoms with Gasteiger partial charge in [0.2, 0.25) is 5.91 Å². The molecule has 9 nitrogen and oxygen atoms in total. The van der Waals surface area contributed by atoms with Crippen LogP contribution in [0.3, 0.4) is 0 Å². The van der Waals surface area contributed by atoms with Crippen molar-refractivity contribution < 1.29 is 14.6 Å². The number of phenols is 1. The number of likely N-dealkylation sites (N-methyl/N-ethyl adjacent to an activating group) is 1. The number of carbonyl (C=O) groups is 1. The molecule has 2 aliphatic heterocycles. The average Bonchev–Trinajstić information content (AvgIpc) is 3.52. The number of aromatic hydroxyl groups is 1. The summed E-state index contributed by atoms with van der Waals surface area (Å²) in [6.07, 6.45) is 6.36. The van der Waals surface area contributed by atoms with Crippen LogP contribution >= 0.6 is 0 Å². The number of fused-ring (bicyclic) bond motifs is 2. The van der Waals surface area contributed by atoms with Crippen molar-refractivity contribution >= 4 is 33.5 Å². The Kier molecular flexibility index (Phi) is 7.06. The first kappa shape index (κ1) is 26.1. The second-order valence-corrected chi connectivity index (χ2v) is 10.9. The van der Waals surface area contributed by atoms with Gasteiger partial charge in [0.25, 0.3) is 0 Å². The minimum Gasteiger partial charge on any atom is -0.508 e. The molecule has 0 radical (unpaired) electrons. The molecule has 0 spiro atoms. The molecule has 1 N–H and O–H groups in total. The van der Waals surface area contributed by atoms with Crippen LogP contribution in [0.5, 0.6) is 11.8 Å². The molecule has 9 heteroatoms. The highest BCUT2D eigenvalue weighted by molar-refractivity contribution is 5.92. The second kappa shape index (κ2) is 10.8. The summed E-state index contributed by atoms with van der Waals surface area (Å²) in [6.45, 7) is 7.78. The van der Waals surface area contributed by atoms with Gasteiger partial charge in [0, 0.05) is 57.4 Å². The summed E-state index contributed by atoms with van der Waals surface area (Å²) in [5.41, 5.74) is 3.86. The predicted molar refractivity (Wildman–Crippen MR) is 157 cm³/mol. The highest BCUT2D eigenvalue weighted by atomic mass is 16.5. The second-order valence-electron chi connectivity index (χ2n) is 10.9. The van der Waals surface area contributed by atoms with Crippen molar-refractivity contribution in [1.29, 1.82) is 0 Å². The number of amides is 1. The topological polar surface area (TPSA) is 87.0 Å². The summed E-state index contributed by atoms with van der Waals surface area (Å²) in [5, 5.41) is 12.6. The van der Waals surface area contributed by atoms with Crippen LogP contribution in [-0.4, -0.2) is 87.8 Å². The molecule has 2 saturated heterocycles. The number of carbonyl (C=O) groups excluding carboxylic acids is 1. The monoisotopic (exact) mass is 540 g/mol. The molecular formula is C31H36N6O3. The standard InChI is InChI=1S/C31H36N6O3/c1-4-27(39)36-12-14-37(15-13-36)30-29-28(32-31(33-30)40-20-24-9-7-11-34(24)2)23(19-35(29)3)16-22-18-25(38)17-21-8-5-6-10-26(21)22/h4-6,8,10,17-19,24,38H,1,7,9,11-16,20H2,2-3H3/t24-/m0/s1. The summed E-state index contributed by atoms with van der Waals surface area (Å²) in [6, 6.07) is 12.5. The first-order chi connectivity index (χ1) is 19.4. The normalized spacial score (nSPS) is 18.1. The van der Waals surface area contributed by atoms with Crippen molar-refractivity contribution in [3.8, 4) is 11.8 Å². The molecule has 2 aromatic heterocycles. The highest BCUT2D eigenvalue weighted by Crippen LogP contribution is 2.34. The van der Waals surface area contributed by atoms with Gasteiger partial charge in [-0.1, -0.05) is 30.8 Å². The van der Waals surface area contributed by atoms with Crippen LogP contribution in [0.25, 0.3) is 21.8 Å². The molecule has 0 unspecified atom stereocenters. The van der Waals surface area contributed by atoms with Crippen molar-refractivity contribution in [2.75, 3.05) is 51.3 Å². The quantitative estimate of drug-likeness (QED) is 0.358. The van der Waals surface area contributed by atoms with Crippen molar-refractivity contribution in [3.05, 3.63) is 66.4 Å². The van der Waals surface area contributed by atoms with E-state index >= 15 is 0 Å². The fourth-order valence-corrected chi connectivity index (χ4v) is 6.10. The van der Waals surface area contributed by atoms with Gasteiger partial charge >= 0.3 is 6.01 Å². The fourth-order valence-electron chi connectivity index (χ4n) is 6.10. The van der Waals surface area contributed by atoms with E-state index in [1.165, 1.54) is 12.5 Å². The van der Waals surface area contributed by atoms with Crippen LogP contribution in [0.15, 0.2) is 55.3 Å². The lowest BCUT2D eigenvalue weighted by Gasteiger charge is -2.35. The van der Waals surface area contributed by atoms with Crippen LogP contribution in [0, 0.1) is 0 Å². The Balaban J connectivity index is 1.39. The average molecular weight is 541 g/mol. The Morgan fingerprint density at radius 1 is 1.10 bits per heavy atom. The van der Waals surface area contributed by atoms with Gasteiger partial charge < -0.3 is 29.1 Å². The lowest BCUT2D eigenvalue weighted by molar-refractivity contribution is -0.126. The van der Waals surface area contributed by atoms with Crippen molar-refractivity contribution in [2.24, 2.45) is 7.05 Å². The molecule has 2 aliphatic rings. The lowest BCUT2D eigenvalue weighted by Crippen LogP contribution is -2.48. The van der Waals surface area contributed by atoms with Crippen LogP contribution in [0.1, 0.15) is 24.0 Å². The maximum Gasteiger partial charge on any atom is 0.319 e. The molecule has 40 heavy (non-hydrogen) atoms. The number of piperazine rings is 1. The van der Waals surface area contributed by atoms with Gasteiger partial charge in [0.15, 0.2) is 5.82 Å². The third-order valence-electron chi connectivity index (χ3n) is 8.31. The number of benzene rings is 2. The third kappa shape index (κ3) is 4.97. The van der Waals surface area contributed by atoms with E-state index < -0.39 is 0 Å². The Labute approximate surface area is 234 Å². The molecular weight excluding hydrogens is 504 g/mol. The zero-order chi connectivity index (χ0) is 27.8. The summed E-state index contributed by atoms with van der Waals surface area (Å²) >= 11 is 0. The number of likely N-dealkylation sites (tertiary alicyclic amines) is 1. The predicted octanol–water partition coefficient (Wildman–Crippen LogP) is 3.73. The smallest absolute Gasteiger partial charge is 0.319 e. The molecule has 0 bridgehead atoms. The van der Waals surface area contributed by atoms with E-state index in [9.17, 15) is 9.90 Å². The Bertz CT molecular complexity index is 1570. The van der Waals surface area contributed by atoms with E-state index in [-0.39, 0.29) is 11.7 Å². The molecule has 1 atom stereocenters. The van der Waals surface area contributed by atoms with Crippen LogP contribution in [0.4, 0.5) is 5.82 Å². The molecule has 0 aliphatic carbocycles. The molecule has 4 heterocycles. The van der Waals surface area contributed by atoms with Gasteiger partial charge in [-0.2, -0.15) is 9.97 Å². The number of hydrogen-bond donors (Lipinski definition) is 1. The van der Waals surface area contributed by atoms with E-state index in [0.29, 0.717) is 51.3 Å². The first-order valence-corrected chi connectivity index (χ1v) is 14.0. The Morgan fingerprint density at radius 3 is 2.65 bits per heavy atom. The van der Waals surface area contributed by atoms with E-state index in [1.807, 2.05) is 36.2 Å². The van der Waals surface area contributed by atoms with E-state index in [0.717, 1.165) is 51.7 Å². The third-order valence-corrected chi connectivity index (χ3v) is 8.31. The zero-order valence-electron chi connectivity index (χ0n) is 23.2. The molecule has 1 amide bonds. The summed E-state index contributed by atoms with van der Waals surface area (Å²) in [7, 11) is 4.15. The number of phenolic OH excluding ortho intramolecular Hbond substituents is 1. The summed E-state index contributed by atoms with van der Waals surface area (Å²) < 4.78 is 8.35. The summed E-state index contributed by atoms with van der Waals surface area (Å²) in [5.74, 6) is 1.03. The maximum absolute atomic E-state index is 12.2. The van der Waals surface area contributed by atoms with E-state index in [2.05, 4.69) is 40.3 Å². The molecule has 208 valence electrons. The van der Waals surface area contributed by atoms with Gasteiger partial charge in [-0.3, -0.25) is 4.79 Å². The number of hydrogen-bond acceptors (Lipinski definition) is 7. The van der Waals surface area contributed by atoms with Gasteiger partial charge in [0.1, 0.15) is 23.4 Å². The molecule has 2 aromatic carbocycles. The van der Waals surface area contributed by atoms with Crippen LogP contribution in [0.2, 0.25) is 0 Å². The number of anilines is 1. The molecule has 2 fully saturated rings. The number of ether oxygens (including phenoxy) is 1. The Morgan fingerprint density at radius 2 is 1.90 bits per heavy atom. The lowest BCUT2D eigenvalue weighted by atomic mass is 9.99. The van der Waals surface area contributed by atoms with Gasteiger partial charge in [-0.15, -0.1) is 0 Å². The minimum absolute atomic E-state index is 0.0447. The zero-order valence-corrected chi connectivity index (χ0v) is 23.2. The highest BCUT2D eigenvalue weighted by Gasteiger charge is 2.27. The van der Waals surface area contributed by atoms with Gasteiger partial charge in [0.05, 0.1) is 0 Å². The number of rotatable bonds is 7. The van der Waals surface area contributed by atoms with E-state index in [1.54, 1.807) is 6.07 Å². The van der Waals surface area contributed by atoms with Crippen LogP contribution < -0.4 is 9.64 Å². The van der Waals surface area contributed by atoms with Crippen LogP contribution in [-0.2, 0) is 18.3 Å². The largest absolute Gasteiger partial charge is 0.508 e. The maximum atomic E-state index is 12.2. The molecule has 0 saturated carbocycles.